The van der Waals surface area contributed by atoms with Gasteiger partial charge in [-0.15, -0.1) is 0 Å². The molecule has 1 aliphatic rings. The van der Waals surface area contributed by atoms with Crippen LogP contribution < -0.4 is 5.73 Å². The molecule has 1 aromatic rings. The fourth-order valence-electron chi connectivity index (χ4n) is 3.37. The summed E-state index contributed by atoms with van der Waals surface area (Å²) < 4.78 is 0. The highest BCUT2D eigenvalue weighted by atomic mass is 16.3. The third-order valence-corrected chi connectivity index (χ3v) is 4.32. The predicted octanol–water partition coefficient (Wildman–Crippen LogP) is 3.75. The van der Waals surface area contributed by atoms with Gasteiger partial charge in [-0.05, 0) is 36.3 Å². The normalized spacial score (nSPS) is 18.7. The Morgan fingerprint density at radius 1 is 1.21 bits per heavy atom. The second kappa shape index (κ2) is 5.16. The van der Waals surface area contributed by atoms with Crippen LogP contribution in [0.15, 0.2) is 18.2 Å². The minimum Gasteiger partial charge on any atom is -0.508 e. The molecule has 1 saturated carbocycles. The zero-order valence-corrected chi connectivity index (χ0v) is 12.5. The van der Waals surface area contributed by atoms with Gasteiger partial charge in [-0.3, -0.25) is 0 Å². The zero-order chi connectivity index (χ0) is 14.1. The van der Waals surface area contributed by atoms with Crippen molar-refractivity contribution in [1.82, 2.24) is 0 Å². The van der Waals surface area contributed by atoms with E-state index in [1.54, 1.807) is 0 Å². The van der Waals surface area contributed by atoms with Crippen LogP contribution >= 0.6 is 0 Å². The lowest BCUT2D eigenvalue weighted by atomic mass is 9.77. The average molecular weight is 261 g/mol. The summed E-state index contributed by atoms with van der Waals surface area (Å²) in [6.45, 7) is 7.37. The van der Waals surface area contributed by atoms with E-state index in [0.717, 1.165) is 24.8 Å². The third-order valence-electron chi connectivity index (χ3n) is 4.32. The van der Waals surface area contributed by atoms with Crippen molar-refractivity contribution in [2.75, 3.05) is 6.54 Å². The molecular formula is C17H27NO. The Morgan fingerprint density at radius 2 is 1.84 bits per heavy atom. The minimum absolute atomic E-state index is 0.0119. The lowest BCUT2D eigenvalue weighted by Crippen LogP contribution is -2.32. The van der Waals surface area contributed by atoms with Crippen LogP contribution in [0.2, 0.25) is 0 Å². The molecular weight excluding hydrogens is 234 g/mol. The zero-order valence-electron chi connectivity index (χ0n) is 12.5. The molecule has 0 amide bonds. The molecule has 1 aromatic carbocycles. The van der Waals surface area contributed by atoms with E-state index < -0.39 is 0 Å². The third kappa shape index (κ3) is 3.11. The summed E-state index contributed by atoms with van der Waals surface area (Å²) in [7, 11) is 0. The second-order valence-corrected chi connectivity index (χ2v) is 7.28. The molecule has 2 nitrogen and oxygen atoms in total. The van der Waals surface area contributed by atoms with Crippen molar-refractivity contribution in [2.24, 2.45) is 11.1 Å². The van der Waals surface area contributed by atoms with E-state index in [4.69, 9.17) is 5.73 Å². The molecule has 0 atom stereocenters. The van der Waals surface area contributed by atoms with Gasteiger partial charge < -0.3 is 10.8 Å². The van der Waals surface area contributed by atoms with Crippen LogP contribution in [-0.4, -0.2) is 11.7 Å². The maximum Gasteiger partial charge on any atom is 0.119 e. The lowest BCUT2D eigenvalue weighted by Gasteiger charge is -2.29. The second-order valence-electron chi connectivity index (χ2n) is 7.28. The smallest absolute Gasteiger partial charge is 0.119 e. The van der Waals surface area contributed by atoms with Gasteiger partial charge in [0.1, 0.15) is 5.75 Å². The van der Waals surface area contributed by atoms with Gasteiger partial charge in [-0.25, -0.2) is 0 Å². The molecule has 1 fully saturated rings. The van der Waals surface area contributed by atoms with Crippen molar-refractivity contribution >= 4 is 0 Å². The summed E-state index contributed by atoms with van der Waals surface area (Å²) in [4.78, 5) is 0. The number of hydrogen-bond donors (Lipinski definition) is 2. The fraction of sp³-hybridized carbons (Fsp3) is 0.647. The van der Waals surface area contributed by atoms with Crippen molar-refractivity contribution in [3.63, 3.8) is 0 Å². The lowest BCUT2D eigenvalue weighted by molar-refractivity contribution is 0.396. The largest absolute Gasteiger partial charge is 0.508 e. The first-order valence-electron chi connectivity index (χ1n) is 7.39. The van der Waals surface area contributed by atoms with Gasteiger partial charge in [-0.2, -0.15) is 0 Å². The molecule has 0 bridgehead atoms. The molecule has 19 heavy (non-hydrogen) atoms. The standard InChI is InChI=1S/C17H27NO/c1-16(2,3)11-13-6-7-15(19)14(10-13)17(12-18)8-4-5-9-17/h6-7,10,19H,4-5,8-9,11-12,18H2,1-3H3. The van der Waals surface area contributed by atoms with Crippen molar-refractivity contribution in [3.8, 4) is 5.75 Å². The van der Waals surface area contributed by atoms with E-state index in [1.165, 1.54) is 18.4 Å². The monoisotopic (exact) mass is 261 g/mol. The van der Waals surface area contributed by atoms with Crippen molar-refractivity contribution in [3.05, 3.63) is 29.3 Å². The molecule has 1 aliphatic carbocycles. The molecule has 0 aliphatic heterocycles. The fourth-order valence-corrected chi connectivity index (χ4v) is 3.37. The number of phenolic OH excluding ortho intramolecular Hbond substituents is 1. The van der Waals surface area contributed by atoms with E-state index in [0.29, 0.717) is 12.3 Å². The molecule has 0 aromatic heterocycles. The van der Waals surface area contributed by atoms with Crippen LogP contribution in [0.4, 0.5) is 0 Å². The van der Waals surface area contributed by atoms with Crippen molar-refractivity contribution < 1.29 is 5.11 Å². The Balaban J connectivity index is 2.36. The molecule has 2 rings (SSSR count). The average Bonchev–Trinajstić information content (AvgIpc) is 2.79. The van der Waals surface area contributed by atoms with Crippen LogP contribution in [0.25, 0.3) is 0 Å². The number of aromatic hydroxyl groups is 1. The van der Waals surface area contributed by atoms with Gasteiger partial charge in [-0.1, -0.05) is 45.7 Å². The molecule has 106 valence electrons. The van der Waals surface area contributed by atoms with Gasteiger partial charge in [0, 0.05) is 17.5 Å². The van der Waals surface area contributed by atoms with Crippen molar-refractivity contribution in [1.29, 1.82) is 0 Å². The maximum atomic E-state index is 10.2. The Morgan fingerprint density at radius 3 is 2.37 bits per heavy atom. The molecule has 0 heterocycles. The molecule has 2 heteroatoms. The number of rotatable bonds is 3. The van der Waals surface area contributed by atoms with Gasteiger partial charge in [0.2, 0.25) is 0 Å². The van der Waals surface area contributed by atoms with Crippen LogP contribution in [0.3, 0.4) is 0 Å². The van der Waals surface area contributed by atoms with Crippen LogP contribution in [-0.2, 0) is 11.8 Å². The molecule has 0 saturated heterocycles. The van der Waals surface area contributed by atoms with E-state index in [2.05, 4.69) is 26.8 Å². The number of nitrogens with two attached hydrogens (primary N) is 1. The highest BCUT2D eigenvalue weighted by Gasteiger charge is 2.36. The van der Waals surface area contributed by atoms with Gasteiger partial charge >= 0.3 is 0 Å². The number of hydrogen-bond acceptors (Lipinski definition) is 2. The summed E-state index contributed by atoms with van der Waals surface area (Å²) in [5, 5.41) is 10.2. The Kier molecular flexibility index (Phi) is 3.91. The van der Waals surface area contributed by atoms with E-state index in [9.17, 15) is 5.11 Å². The highest BCUT2D eigenvalue weighted by molar-refractivity contribution is 5.43. The summed E-state index contributed by atoms with van der Waals surface area (Å²) >= 11 is 0. The van der Waals surface area contributed by atoms with Gasteiger partial charge in [0.25, 0.3) is 0 Å². The first kappa shape index (κ1) is 14.4. The summed E-state index contributed by atoms with van der Waals surface area (Å²) in [6, 6.07) is 6.09. The predicted molar refractivity (Wildman–Crippen MR) is 80.5 cm³/mol. The molecule has 0 radical (unpaired) electrons. The first-order valence-corrected chi connectivity index (χ1v) is 7.39. The van der Waals surface area contributed by atoms with E-state index in [-0.39, 0.29) is 10.8 Å². The first-order chi connectivity index (χ1) is 8.86. The van der Waals surface area contributed by atoms with Gasteiger partial charge in [0.15, 0.2) is 0 Å². The van der Waals surface area contributed by atoms with E-state index >= 15 is 0 Å². The summed E-state index contributed by atoms with van der Waals surface area (Å²) in [5.41, 5.74) is 8.70. The maximum absolute atomic E-state index is 10.2. The quantitative estimate of drug-likeness (QED) is 0.870. The van der Waals surface area contributed by atoms with Crippen LogP contribution in [0, 0.1) is 5.41 Å². The Labute approximate surface area is 117 Å². The van der Waals surface area contributed by atoms with Gasteiger partial charge in [0.05, 0.1) is 0 Å². The van der Waals surface area contributed by atoms with Crippen LogP contribution in [0.5, 0.6) is 5.75 Å². The highest BCUT2D eigenvalue weighted by Crippen LogP contribution is 2.44. The molecule has 3 N–H and O–H groups in total. The molecule has 0 unspecified atom stereocenters. The number of benzene rings is 1. The van der Waals surface area contributed by atoms with Crippen LogP contribution in [0.1, 0.15) is 57.6 Å². The minimum atomic E-state index is 0.0119. The topological polar surface area (TPSA) is 46.2 Å². The Hall–Kier alpha value is -1.02. The van der Waals surface area contributed by atoms with E-state index in [1.807, 2.05) is 12.1 Å². The summed E-state index contributed by atoms with van der Waals surface area (Å²) in [6.07, 6.45) is 5.69. The van der Waals surface area contributed by atoms with Crippen molar-refractivity contribution in [2.45, 2.75) is 58.3 Å². The Bertz CT molecular complexity index is 439. The molecule has 0 spiro atoms. The number of phenols is 1. The SMILES string of the molecule is CC(C)(C)Cc1ccc(O)c(C2(CN)CCCC2)c1. The summed E-state index contributed by atoms with van der Waals surface area (Å²) in [5.74, 6) is 0.421.